The molecule has 0 aliphatic carbocycles. The molecule has 0 heterocycles. The zero-order valence-corrected chi connectivity index (χ0v) is 10.1. The summed E-state index contributed by atoms with van der Waals surface area (Å²) in [6, 6.07) is 6.95. The Labute approximate surface area is 105 Å². The van der Waals surface area contributed by atoms with Gasteiger partial charge in [-0.3, -0.25) is 4.79 Å². The topological polar surface area (TPSA) is 83.7 Å². The fourth-order valence-corrected chi connectivity index (χ4v) is 1.22. The molecule has 0 unspecified atom stereocenters. The number of nitrogens with one attached hydrogen (secondary N) is 1. The first-order valence-electron chi connectivity index (χ1n) is 5.12. The van der Waals surface area contributed by atoms with Crippen molar-refractivity contribution in [2.75, 3.05) is 14.2 Å². The lowest BCUT2D eigenvalue weighted by Gasteiger charge is -2.07. The molecule has 0 aliphatic heterocycles. The molecule has 1 rings (SSSR count). The molecule has 1 aromatic rings. The Hall–Kier alpha value is -2.55. The van der Waals surface area contributed by atoms with E-state index in [1.807, 2.05) is 0 Å². The highest BCUT2D eigenvalue weighted by Crippen LogP contribution is 2.26. The number of nitrogens with zero attached hydrogens (tertiary/aromatic N) is 2. The molecule has 0 saturated heterocycles. The summed E-state index contributed by atoms with van der Waals surface area (Å²) in [5.74, 6) is 0.738. The van der Waals surface area contributed by atoms with Crippen LogP contribution in [0.3, 0.4) is 0 Å². The summed E-state index contributed by atoms with van der Waals surface area (Å²) >= 11 is 0. The van der Waals surface area contributed by atoms with E-state index in [4.69, 9.17) is 14.7 Å². The SMILES string of the molecule is COc1ccc(C=NNC(=O)CC#N)cc1OC. The number of hydrogen-bond donors (Lipinski definition) is 1. The summed E-state index contributed by atoms with van der Waals surface area (Å²) in [6.07, 6.45) is 1.24. The predicted octanol–water partition coefficient (Wildman–Crippen LogP) is 1.07. The molecular formula is C12H13N3O3. The standard InChI is InChI=1S/C12H13N3O3/c1-17-10-4-3-9(7-11(10)18-2)8-14-15-12(16)5-6-13/h3-4,7-8H,5H2,1-2H3,(H,15,16). The van der Waals surface area contributed by atoms with Crippen LogP contribution in [0.15, 0.2) is 23.3 Å². The maximum absolute atomic E-state index is 11.0. The van der Waals surface area contributed by atoms with E-state index in [1.54, 1.807) is 31.4 Å². The summed E-state index contributed by atoms with van der Waals surface area (Å²) in [6.45, 7) is 0. The van der Waals surface area contributed by atoms with Gasteiger partial charge in [0.2, 0.25) is 0 Å². The maximum Gasteiger partial charge on any atom is 0.254 e. The Bertz CT molecular complexity index is 492. The number of amides is 1. The van der Waals surface area contributed by atoms with Gasteiger partial charge in [-0.05, 0) is 23.8 Å². The molecule has 6 heteroatoms. The molecule has 0 saturated carbocycles. The maximum atomic E-state index is 11.0. The second kappa shape index (κ2) is 6.91. The van der Waals surface area contributed by atoms with Crippen LogP contribution < -0.4 is 14.9 Å². The average molecular weight is 247 g/mol. The Morgan fingerprint density at radius 2 is 2.17 bits per heavy atom. The molecule has 0 aromatic heterocycles. The van der Waals surface area contributed by atoms with Gasteiger partial charge in [0.15, 0.2) is 11.5 Å². The molecule has 0 aliphatic rings. The van der Waals surface area contributed by atoms with Gasteiger partial charge >= 0.3 is 0 Å². The summed E-state index contributed by atoms with van der Waals surface area (Å²) in [5.41, 5.74) is 2.97. The number of carbonyl (C=O) groups excluding carboxylic acids is 1. The van der Waals surface area contributed by atoms with Gasteiger partial charge in [0.25, 0.3) is 5.91 Å². The lowest BCUT2D eigenvalue weighted by atomic mass is 10.2. The van der Waals surface area contributed by atoms with Crippen LogP contribution in [0.4, 0.5) is 0 Å². The van der Waals surface area contributed by atoms with E-state index >= 15 is 0 Å². The van der Waals surface area contributed by atoms with Gasteiger partial charge in [-0.25, -0.2) is 5.43 Å². The highest BCUT2D eigenvalue weighted by atomic mass is 16.5. The van der Waals surface area contributed by atoms with Gasteiger partial charge in [0.05, 0.1) is 26.5 Å². The van der Waals surface area contributed by atoms with E-state index in [1.165, 1.54) is 13.3 Å². The van der Waals surface area contributed by atoms with Crippen molar-refractivity contribution in [3.63, 3.8) is 0 Å². The Morgan fingerprint density at radius 1 is 1.44 bits per heavy atom. The number of hydrogen-bond acceptors (Lipinski definition) is 5. The van der Waals surface area contributed by atoms with Crippen molar-refractivity contribution < 1.29 is 14.3 Å². The predicted molar refractivity (Wildman–Crippen MR) is 65.5 cm³/mol. The summed E-state index contributed by atoms with van der Waals surface area (Å²) in [5, 5.41) is 12.0. The number of hydrazone groups is 1. The lowest BCUT2D eigenvalue weighted by molar-refractivity contribution is -0.120. The zero-order valence-electron chi connectivity index (χ0n) is 10.1. The van der Waals surface area contributed by atoms with E-state index in [0.29, 0.717) is 11.5 Å². The number of carbonyl (C=O) groups is 1. The number of benzene rings is 1. The number of nitriles is 1. The van der Waals surface area contributed by atoms with E-state index < -0.39 is 5.91 Å². The minimum absolute atomic E-state index is 0.219. The lowest BCUT2D eigenvalue weighted by Crippen LogP contribution is -2.16. The van der Waals surface area contributed by atoms with Gasteiger partial charge in [-0.2, -0.15) is 10.4 Å². The molecule has 1 N–H and O–H groups in total. The van der Waals surface area contributed by atoms with Gasteiger partial charge in [0, 0.05) is 0 Å². The molecule has 1 aromatic carbocycles. The van der Waals surface area contributed by atoms with Crippen molar-refractivity contribution in [1.82, 2.24) is 5.43 Å². The van der Waals surface area contributed by atoms with Crippen LogP contribution in [0.1, 0.15) is 12.0 Å². The monoisotopic (exact) mass is 247 g/mol. The third-order valence-electron chi connectivity index (χ3n) is 2.05. The largest absolute Gasteiger partial charge is 0.493 e. The van der Waals surface area contributed by atoms with Gasteiger partial charge in [0.1, 0.15) is 6.42 Å². The summed E-state index contributed by atoms with van der Waals surface area (Å²) in [4.78, 5) is 11.0. The molecule has 0 atom stereocenters. The second-order valence-electron chi connectivity index (χ2n) is 3.24. The number of methoxy groups -OCH3 is 2. The third-order valence-corrected chi connectivity index (χ3v) is 2.05. The quantitative estimate of drug-likeness (QED) is 0.623. The molecule has 1 amide bonds. The molecule has 94 valence electrons. The fourth-order valence-electron chi connectivity index (χ4n) is 1.22. The third kappa shape index (κ3) is 3.79. The van der Waals surface area contributed by atoms with Crippen LogP contribution in [0.2, 0.25) is 0 Å². The second-order valence-corrected chi connectivity index (χ2v) is 3.24. The first-order chi connectivity index (χ1) is 8.71. The molecule has 6 nitrogen and oxygen atoms in total. The van der Waals surface area contributed by atoms with Crippen molar-refractivity contribution in [2.45, 2.75) is 6.42 Å². The molecule has 0 fully saturated rings. The minimum atomic E-state index is -0.450. The smallest absolute Gasteiger partial charge is 0.254 e. The minimum Gasteiger partial charge on any atom is -0.493 e. The van der Waals surface area contributed by atoms with Crippen LogP contribution in [-0.2, 0) is 4.79 Å². The van der Waals surface area contributed by atoms with Crippen LogP contribution in [0.5, 0.6) is 11.5 Å². The van der Waals surface area contributed by atoms with Crippen molar-refractivity contribution in [1.29, 1.82) is 5.26 Å². The normalized spacial score (nSPS) is 9.83. The Balaban J connectivity index is 2.71. The molecule has 0 radical (unpaired) electrons. The van der Waals surface area contributed by atoms with Crippen LogP contribution in [0, 0.1) is 11.3 Å². The van der Waals surface area contributed by atoms with E-state index in [9.17, 15) is 4.79 Å². The fraction of sp³-hybridized carbons (Fsp3) is 0.250. The Morgan fingerprint density at radius 3 is 2.78 bits per heavy atom. The van der Waals surface area contributed by atoms with Crippen molar-refractivity contribution in [3.8, 4) is 17.6 Å². The van der Waals surface area contributed by atoms with Gasteiger partial charge in [-0.15, -0.1) is 0 Å². The van der Waals surface area contributed by atoms with E-state index in [-0.39, 0.29) is 6.42 Å². The van der Waals surface area contributed by atoms with Crippen LogP contribution in [0.25, 0.3) is 0 Å². The highest BCUT2D eigenvalue weighted by molar-refractivity contribution is 5.83. The average Bonchev–Trinajstić information content (AvgIpc) is 2.38. The number of ether oxygens (including phenoxy) is 2. The van der Waals surface area contributed by atoms with Gasteiger partial charge < -0.3 is 9.47 Å². The highest BCUT2D eigenvalue weighted by Gasteiger charge is 2.03. The van der Waals surface area contributed by atoms with E-state index in [2.05, 4.69) is 10.5 Å². The summed E-state index contributed by atoms with van der Waals surface area (Å²) < 4.78 is 10.2. The number of rotatable bonds is 5. The Kier molecular flexibility index (Phi) is 5.19. The molecule has 0 bridgehead atoms. The van der Waals surface area contributed by atoms with Crippen LogP contribution in [-0.4, -0.2) is 26.3 Å². The summed E-state index contributed by atoms with van der Waals surface area (Å²) in [7, 11) is 3.08. The molecular weight excluding hydrogens is 234 g/mol. The first-order valence-corrected chi connectivity index (χ1v) is 5.12. The van der Waals surface area contributed by atoms with Crippen molar-refractivity contribution in [2.24, 2.45) is 5.10 Å². The van der Waals surface area contributed by atoms with Crippen molar-refractivity contribution in [3.05, 3.63) is 23.8 Å². The van der Waals surface area contributed by atoms with Gasteiger partial charge in [-0.1, -0.05) is 0 Å². The molecule has 0 spiro atoms. The zero-order chi connectivity index (χ0) is 13.4. The molecule has 18 heavy (non-hydrogen) atoms. The van der Waals surface area contributed by atoms with Crippen molar-refractivity contribution >= 4 is 12.1 Å². The first kappa shape index (κ1) is 13.5. The van der Waals surface area contributed by atoms with Crippen LogP contribution >= 0.6 is 0 Å². The van der Waals surface area contributed by atoms with E-state index in [0.717, 1.165) is 5.56 Å².